The van der Waals surface area contributed by atoms with Crippen LogP contribution in [0, 0.1) is 6.92 Å². The summed E-state index contributed by atoms with van der Waals surface area (Å²) in [5.74, 6) is -0.156. The molecule has 2 aromatic rings. The Kier molecular flexibility index (Phi) is 5.37. The quantitative estimate of drug-likeness (QED) is 0.662. The summed E-state index contributed by atoms with van der Waals surface area (Å²) in [5, 5.41) is 8.09. The summed E-state index contributed by atoms with van der Waals surface area (Å²) < 4.78 is 5.35. The van der Waals surface area contributed by atoms with Crippen molar-refractivity contribution in [3.63, 3.8) is 0 Å². The van der Waals surface area contributed by atoms with E-state index < -0.39 is 0 Å². The molecule has 1 amide bonds. The number of thiophene rings is 1. The van der Waals surface area contributed by atoms with Crippen molar-refractivity contribution in [1.29, 1.82) is 0 Å². The maximum atomic E-state index is 11.8. The molecule has 3 heterocycles. The number of aromatic nitrogens is 1. The molecule has 0 unspecified atom stereocenters. The zero-order chi connectivity index (χ0) is 16.1. The van der Waals surface area contributed by atoms with Crippen LogP contribution in [0.25, 0.3) is 0 Å². The van der Waals surface area contributed by atoms with E-state index in [1.807, 2.05) is 18.4 Å². The van der Waals surface area contributed by atoms with Gasteiger partial charge in [0.15, 0.2) is 0 Å². The van der Waals surface area contributed by atoms with Gasteiger partial charge in [-0.25, -0.2) is 10.4 Å². The molecule has 0 saturated carbocycles. The van der Waals surface area contributed by atoms with Crippen molar-refractivity contribution in [3.8, 4) is 0 Å². The fraction of sp³-hybridized carbons (Fsp3) is 0.400. The molecule has 0 bridgehead atoms. The Bertz CT molecular complexity index is 689. The zero-order valence-electron chi connectivity index (χ0n) is 12.8. The second kappa shape index (κ2) is 7.67. The van der Waals surface area contributed by atoms with Crippen LogP contribution in [0.5, 0.6) is 0 Å². The van der Waals surface area contributed by atoms with Crippen molar-refractivity contribution in [2.24, 2.45) is 5.10 Å². The van der Waals surface area contributed by atoms with Crippen LogP contribution >= 0.6 is 22.7 Å². The number of anilines is 1. The van der Waals surface area contributed by atoms with Crippen molar-refractivity contribution in [1.82, 2.24) is 10.4 Å². The number of rotatable bonds is 5. The lowest BCUT2D eigenvalue weighted by molar-refractivity contribution is -0.120. The van der Waals surface area contributed by atoms with Gasteiger partial charge in [0.05, 0.1) is 41.6 Å². The number of carbonyl (C=O) groups excluding carboxylic acids is 1. The molecule has 1 aliphatic heterocycles. The van der Waals surface area contributed by atoms with Crippen LogP contribution in [-0.4, -0.2) is 43.4 Å². The lowest BCUT2D eigenvalue weighted by Gasteiger charge is -2.27. The fourth-order valence-electron chi connectivity index (χ4n) is 2.23. The normalized spacial score (nSPS) is 15.3. The maximum Gasteiger partial charge on any atom is 0.246 e. The highest BCUT2D eigenvalue weighted by atomic mass is 32.1. The predicted octanol–water partition coefficient (Wildman–Crippen LogP) is 2.04. The first-order valence-electron chi connectivity index (χ1n) is 7.36. The van der Waals surface area contributed by atoms with Crippen LogP contribution in [0.2, 0.25) is 0 Å². The Morgan fingerprint density at radius 1 is 1.48 bits per heavy atom. The van der Waals surface area contributed by atoms with Crippen molar-refractivity contribution >= 4 is 39.8 Å². The molecule has 122 valence electrons. The SMILES string of the molecule is Cc1nc(CC(=O)NN=Cc2ccc(N3CCOCC3)s2)cs1. The molecule has 0 atom stereocenters. The fourth-order valence-corrected chi connectivity index (χ4v) is 3.77. The van der Waals surface area contributed by atoms with E-state index in [2.05, 4.69) is 26.5 Å². The highest BCUT2D eigenvalue weighted by molar-refractivity contribution is 7.17. The molecule has 0 spiro atoms. The predicted molar refractivity (Wildman–Crippen MR) is 93.6 cm³/mol. The van der Waals surface area contributed by atoms with E-state index in [-0.39, 0.29) is 12.3 Å². The number of carbonyl (C=O) groups is 1. The average molecular weight is 350 g/mol. The molecule has 0 aromatic carbocycles. The molecule has 2 aromatic heterocycles. The summed E-state index contributed by atoms with van der Waals surface area (Å²) in [6.45, 7) is 5.30. The van der Waals surface area contributed by atoms with Crippen LogP contribution < -0.4 is 10.3 Å². The second-order valence-corrected chi connectivity index (χ2v) is 7.26. The highest BCUT2D eigenvalue weighted by Crippen LogP contribution is 2.25. The van der Waals surface area contributed by atoms with Crippen molar-refractivity contribution < 1.29 is 9.53 Å². The number of hydrazone groups is 1. The number of hydrogen-bond acceptors (Lipinski definition) is 7. The van der Waals surface area contributed by atoms with Crippen molar-refractivity contribution in [2.75, 3.05) is 31.2 Å². The molecular weight excluding hydrogens is 332 g/mol. The van der Waals surface area contributed by atoms with Crippen molar-refractivity contribution in [2.45, 2.75) is 13.3 Å². The summed E-state index contributed by atoms with van der Waals surface area (Å²) >= 11 is 3.20. The second-order valence-electron chi connectivity index (χ2n) is 5.10. The Morgan fingerprint density at radius 3 is 3.04 bits per heavy atom. The lowest BCUT2D eigenvalue weighted by Crippen LogP contribution is -2.35. The Labute approximate surface area is 142 Å². The topological polar surface area (TPSA) is 66.8 Å². The molecule has 1 N–H and O–H groups in total. The number of morpholine rings is 1. The van der Waals surface area contributed by atoms with Gasteiger partial charge in [-0.15, -0.1) is 22.7 Å². The first kappa shape index (κ1) is 16.1. The van der Waals surface area contributed by atoms with Gasteiger partial charge in [0.1, 0.15) is 0 Å². The van der Waals surface area contributed by atoms with Gasteiger partial charge in [0.2, 0.25) is 5.91 Å². The van der Waals surface area contributed by atoms with E-state index in [1.54, 1.807) is 28.9 Å². The minimum Gasteiger partial charge on any atom is -0.378 e. The molecule has 8 heteroatoms. The Balaban J connectivity index is 1.49. The third-order valence-corrected chi connectivity index (χ3v) is 5.23. The van der Waals surface area contributed by atoms with Gasteiger partial charge in [-0.2, -0.15) is 5.10 Å². The van der Waals surface area contributed by atoms with Crippen LogP contribution in [0.1, 0.15) is 15.6 Å². The number of thiazole rings is 1. The average Bonchev–Trinajstić information content (AvgIpc) is 3.17. The number of hydrogen-bond donors (Lipinski definition) is 1. The largest absolute Gasteiger partial charge is 0.378 e. The molecule has 0 radical (unpaired) electrons. The number of nitrogens with one attached hydrogen (secondary N) is 1. The van der Waals surface area contributed by atoms with Gasteiger partial charge in [-0.3, -0.25) is 4.79 Å². The van der Waals surface area contributed by atoms with Crippen LogP contribution in [0.15, 0.2) is 22.6 Å². The van der Waals surface area contributed by atoms with Gasteiger partial charge in [0, 0.05) is 23.3 Å². The van der Waals surface area contributed by atoms with Crippen LogP contribution in [0.3, 0.4) is 0 Å². The highest BCUT2D eigenvalue weighted by Gasteiger charge is 2.12. The van der Waals surface area contributed by atoms with Gasteiger partial charge < -0.3 is 9.64 Å². The molecule has 23 heavy (non-hydrogen) atoms. The molecule has 0 aliphatic carbocycles. The van der Waals surface area contributed by atoms with E-state index in [0.29, 0.717) is 0 Å². The molecule has 3 rings (SSSR count). The Morgan fingerprint density at radius 2 is 2.30 bits per heavy atom. The molecule has 6 nitrogen and oxygen atoms in total. The van der Waals surface area contributed by atoms with E-state index >= 15 is 0 Å². The van der Waals surface area contributed by atoms with Crippen molar-refractivity contribution in [3.05, 3.63) is 33.1 Å². The smallest absolute Gasteiger partial charge is 0.246 e. The Hall–Kier alpha value is -1.77. The molecule has 1 fully saturated rings. The van der Waals surface area contributed by atoms with Gasteiger partial charge >= 0.3 is 0 Å². The summed E-state index contributed by atoms with van der Waals surface area (Å²) in [6, 6.07) is 4.09. The maximum absolute atomic E-state index is 11.8. The summed E-state index contributed by atoms with van der Waals surface area (Å²) in [4.78, 5) is 19.4. The molecular formula is C15H18N4O2S2. The molecule has 1 aliphatic rings. The summed E-state index contributed by atoms with van der Waals surface area (Å²) in [6.07, 6.45) is 1.93. The number of ether oxygens (including phenoxy) is 1. The summed E-state index contributed by atoms with van der Waals surface area (Å²) in [5.41, 5.74) is 3.33. The minimum absolute atomic E-state index is 0.156. The first-order valence-corrected chi connectivity index (χ1v) is 9.06. The molecule has 1 saturated heterocycles. The van der Waals surface area contributed by atoms with Gasteiger partial charge in [-0.05, 0) is 19.1 Å². The minimum atomic E-state index is -0.156. The third-order valence-electron chi connectivity index (χ3n) is 3.32. The third kappa shape index (κ3) is 4.60. The van der Waals surface area contributed by atoms with Crippen LogP contribution in [0.4, 0.5) is 5.00 Å². The zero-order valence-corrected chi connectivity index (χ0v) is 14.5. The van der Waals surface area contributed by atoms with E-state index in [1.165, 1.54) is 5.00 Å². The van der Waals surface area contributed by atoms with E-state index in [0.717, 1.165) is 41.9 Å². The van der Waals surface area contributed by atoms with E-state index in [9.17, 15) is 4.79 Å². The number of amides is 1. The summed E-state index contributed by atoms with van der Waals surface area (Å²) in [7, 11) is 0. The standard InChI is InChI=1S/C15H18N4O2S2/c1-11-17-12(10-22-11)8-14(20)18-16-9-13-2-3-15(23-13)19-4-6-21-7-5-19/h2-3,9-10H,4-8H2,1H3,(H,18,20). The number of nitrogens with zero attached hydrogens (tertiary/aromatic N) is 3. The van der Waals surface area contributed by atoms with Gasteiger partial charge in [-0.1, -0.05) is 0 Å². The first-order chi connectivity index (χ1) is 11.2. The lowest BCUT2D eigenvalue weighted by atomic mass is 10.3. The number of aryl methyl sites for hydroxylation is 1. The van der Waals surface area contributed by atoms with E-state index in [4.69, 9.17) is 4.74 Å². The van der Waals surface area contributed by atoms with Gasteiger partial charge in [0.25, 0.3) is 0 Å². The monoisotopic (exact) mass is 350 g/mol. The van der Waals surface area contributed by atoms with Crippen LogP contribution in [-0.2, 0) is 16.0 Å².